The summed E-state index contributed by atoms with van der Waals surface area (Å²) in [6, 6.07) is 0. The lowest BCUT2D eigenvalue weighted by Gasteiger charge is -2.09. The van der Waals surface area contributed by atoms with Crippen molar-refractivity contribution in [1.29, 1.82) is 5.41 Å². The minimum atomic E-state index is -4.30. The molecular formula is C7H10F3N. The van der Waals surface area contributed by atoms with Crippen LogP contribution >= 0.6 is 0 Å². The van der Waals surface area contributed by atoms with E-state index in [2.05, 4.69) is 0 Å². The van der Waals surface area contributed by atoms with Crippen LogP contribution in [0.1, 0.15) is 20.8 Å². The normalized spacial score (nSPS) is 14.4. The van der Waals surface area contributed by atoms with Crippen LogP contribution in [0, 0.1) is 5.41 Å². The lowest BCUT2D eigenvalue weighted by Crippen LogP contribution is -2.13. The Kier molecular flexibility index (Phi) is 2.84. The molecule has 0 aliphatic carbocycles. The van der Waals surface area contributed by atoms with E-state index >= 15 is 0 Å². The zero-order chi connectivity index (χ0) is 9.23. The SMILES string of the molecule is CC(=N)/C(C)=C(\C)C(F)(F)F. The Hall–Kier alpha value is -0.800. The molecule has 0 saturated heterocycles. The Morgan fingerprint density at radius 2 is 1.45 bits per heavy atom. The minimum absolute atomic E-state index is 0.00231. The van der Waals surface area contributed by atoms with Crippen LogP contribution < -0.4 is 0 Å². The summed E-state index contributed by atoms with van der Waals surface area (Å²) in [7, 11) is 0. The molecule has 0 aliphatic heterocycles. The van der Waals surface area contributed by atoms with E-state index in [0.29, 0.717) is 0 Å². The molecule has 0 spiro atoms. The average molecular weight is 165 g/mol. The van der Waals surface area contributed by atoms with Crippen molar-refractivity contribution in [2.75, 3.05) is 0 Å². The molecule has 0 atom stereocenters. The van der Waals surface area contributed by atoms with E-state index in [0.717, 1.165) is 6.92 Å². The number of hydrogen-bond acceptors (Lipinski definition) is 1. The molecule has 4 heteroatoms. The van der Waals surface area contributed by atoms with Gasteiger partial charge in [-0.1, -0.05) is 0 Å². The smallest absolute Gasteiger partial charge is 0.305 e. The van der Waals surface area contributed by atoms with Gasteiger partial charge in [0, 0.05) is 11.3 Å². The van der Waals surface area contributed by atoms with Crippen LogP contribution in [0.15, 0.2) is 11.1 Å². The highest BCUT2D eigenvalue weighted by Crippen LogP contribution is 2.27. The van der Waals surface area contributed by atoms with Gasteiger partial charge in [-0.2, -0.15) is 13.2 Å². The molecule has 0 bridgehead atoms. The molecule has 64 valence electrons. The van der Waals surface area contributed by atoms with E-state index in [1.54, 1.807) is 0 Å². The Balaban J connectivity index is 4.82. The van der Waals surface area contributed by atoms with Crippen LogP contribution in [0.2, 0.25) is 0 Å². The summed E-state index contributed by atoms with van der Waals surface area (Å²) >= 11 is 0. The maximum Gasteiger partial charge on any atom is 0.412 e. The van der Waals surface area contributed by atoms with E-state index in [4.69, 9.17) is 5.41 Å². The predicted octanol–water partition coefficient (Wildman–Crippen LogP) is 2.92. The van der Waals surface area contributed by atoms with Crippen molar-refractivity contribution in [1.82, 2.24) is 0 Å². The second-order valence-electron chi connectivity index (χ2n) is 2.37. The maximum atomic E-state index is 11.9. The van der Waals surface area contributed by atoms with Crippen molar-refractivity contribution < 1.29 is 13.2 Å². The number of allylic oxidation sites excluding steroid dienone is 2. The first-order valence-corrected chi connectivity index (χ1v) is 3.07. The highest BCUT2D eigenvalue weighted by Gasteiger charge is 2.31. The summed E-state index contributed by atoms with van der Waals surface area (Å²) in [4.78, 5) is 0. The van der Waals surface area contributed by atoms with Gasteiger partial charge in [0.1, 0.15) is 0 Å². The summed E-state index contributed by atoms with van der Waals surface area (Å²) < 4.78 is 35.7. The fourth-order valence-electron chi connectivity index (χ4n) is 0.494. The number of nitrogens with one attached hydrogen (secondary N) is 1. The van der Waals surface area contributed by atoms with Crippen LogP contribution in [-0.4, -0.2) is 11.9 Å². The van der Waals surface area contributed by atoms with Crippen LogP contribution in [0.4, 0.5) is 13.2 Å². The fourth-order valence-corrected chi connectivity index (χ4v) is 0.494. The maximum absolute atomic E-state index is 11.9. The molecule has 0 fully saturated rings. The van der Waals surface area contributed by atoms with Gasteiger partial charge in [-0.3, -0.25) is 0 Å². The van der Waals surface area contributed by atoms with Crippen molar-refractivity contribution in [3.8, 4) is 0 Å². The van der Waals surface area contributed by atoms with Crippen molar-refractivity contribution >= 4 is 5.71 Å². The molecule has 0 radical (unpaired) electrons. The van der Waals surface area contributed by atoms with Crippen LogP contribution in [0.5, 0.6) is 0 Å². The first-order chi connectivity index (χ1) is 4.76. The standard InChI is InChI=1S/C7H10F3N/c1-4(6(3)11)5(2)7(8,9)10/h11H,1-3H3/b5-4+,11-6?. The molecule has 0 aliphatic rings. The molecule has 0 unspecified atom stereocenters. The minimum Gasteiger partial charge on any atom is -0.305 e. The highest BCUT2D eigenvalue weighted by molar-refractivity contribution is 5.95. The third-order valence-electron chi connectivity index (χ3n) is 1.55. The fraction of sp³-hybridized carbons (Fsp3) is 0.571. The largest absolute Gasteiger partial charge is 0.412 e. The Morgan fingerprint density at radius 1 is 1.09 bits per heavy atom. The Morgan fingerprint density at radius 3 is 1.55 bits per heavy atom. The topological polar surface area (TPSA) is 23.9 Å². The van der Waals surface area contributed by atoms with Gasteiger partial charge in [0.25, 0.3) is 0 Å². The summed E-state index contributed by atoms with van der Waals surface area (Å²) in [5.41, 5.74) is -0.734. The number of rotatable bonds is 1. The molecule has 1 N–H and O–H groups in total. The molecule has 11 heavy (non-hydrogen) atoms. The highest BCUT2D eigenvalue weighted by atomic mass is 19.4. The Bertz CT molecular complexity index is 200. The summed E-state index contributed by atoms with van der Waals surface area (Å²) in [6.07, 6.45) is -4.30. The molecule has 0 heterocycles. The van der Waals surface area contributed by atoms with Crippen molar-refractivity contribution in [2.24, 2.45) is 0 Å². The average Bonchev–Trinajstić information content (AvgIpc) is 1.82. The third kappa shape index (κ3) is 2.74. The molecular weight excluding hydrogens is 155 g/mol. The van der Waals surface area contributed by atoms with Gasteiger partial charge < -0.3 is 5.41 Å². The van der Waals surface area contributed by atoms with Gasteiger partial charge in [-0.15, -0.1) is 0 Å². The Labute approximate surface area is 63.4 Å². The van der Waals surface area contributed by atoms with E-state index in [-0.39, 0.29) is 11.3 Å². The van der Waals surface area contributed by atoms with Crippen LogP contribution in [0.3, 0.4) is 0 Å². The lowest BCUT2D eigenvalue weighted by atomic mass is 10.1. The van der Waals surface area contributed by atoms with Crippen LogP contribution in [0.25, 0.3) is 0 Å². The van der Waals surface area contributed by atoms with Crippen molar-refractivity contribution in [2.45, 2.75) is 26.9 Å². The monoisotopic (exact) mass is 165 g/mol. The van der Waals surface area contributed by atoms with E-state index < -0.39 is 11.7 Å². The number of alkyl halides is 3. The van der Waals surface area contributed by atoms with E-state index in [9.17, 15) is 13.2 Å². The molecule has 0 rings (SSSR count). The zero-order valence-electron chi connectivity index (χ0n) is 6.63. The van der Waals surface area contributed by atoms with Gasteiger partial charge in [-0.05, 0) is 26.3 Å². The van der Waals surface area contributed by atoms with Gasteiger partial charge in [-0.25, -0.2) is 0 Å². The summed E-state index contributed by atoms with van der Waals surface area (Å²) in [6.45, 7) is 3.61. The van der Waals surface area contributed by atoms with Crippen LogP contribution in [-0.2, 0) is 0 Å². The first-order valence-electron chi connectivity index (χ1n) is 3.07. The van der Waals surface area contributed by atoms with Gasteiger partial charge in [0.15, 0.2) is 0 Å². The second-order valence-corrected chi connectivity index (χ2v) is 2.37. The van der Waals surface area contributed by atoms with E-state index in [1.807, 2.05) is 0 Å². The van der Waals surface area contributed by atoms with Gasteiger partial charge in [0.2, 0.25) is 0 Å². The molecule has 0 aromatic carbocycles. The molecule has 1 nitrogen and oxygen atoms in total. The van der Waals surface area contributed by atoms with Gasteiger partial charge >= 0.3 is 6.18 Å². The van der Waals surface area contributed by atoms with Gasteiger partial charge in [0.05, 0.1) is 0 Å². The second kappa shape index (κ2) is 3.07. The van der Waals surface area contributed by atoms with Crippen molar-refractivity contribution in [3.63, 3.8) is 0 Å². The van der Waals surface area contributed by atoms with Crippen molar-refractivity contribution in [3.05, 3.63) is 11.1 Å². The molecule has 0 aromatic rings. The first kappa shape index (κ1) is 10.2. The zero-order valence-corrected chi connectivity index (χ0v) is 6.63. The molecule has 0 aromatic heterocycles. The number of hydrogen-bond donors (Lipinski definition) is 1. The lowest BCUT2D eigenvalue weighted by molar-refractivity contribution is -0.0918. The summed E-state index contributed by atoms with van der Waals surface area (Å²) in [5.74, 6) is 0. The third-order valence-corrected chi connectivity index (χ3v) is 1.55. The van der Waals surface area contributed by atoms with E-state index in [1.165, 1.54) is 13.8 Å². The predicted molar refractivity (Wildman–Crippen MR) is 37.8 cm³/mol. The number of halogens is 3. The molecule has 0 amide bonds. The quantitative estimate of drug-likeness (QED) is 0.577. The summed E-state index contributed by atoms with van der Waals surface area (Å²) in [5, 5.41) is 6.95. The molecule has 0 saturated carbocycles.